The van der Waals surface area contributed by atoms with E-state index in [-0.39, 0.29) is 18.5 Å². The number of benzene rings is 1. The van der Waals surface area contributed by atoms with Gasteiger partial charge in [-0.15, -0.1) is 0 Å². The molecule has 1 aromatic rings. The highest BCUT2D eigenvalue weighted by molar-refractivity contribution is 6.32. The van der Waals surface area contributed by atoms with Crippen molar-refractivity contribution < 1.29 is 19.4 Å². The summed E-state index contributed by atoms with van der Waals surface area (Å²) >= 11 is 6.01. The minimum atomic E-state index is -0.632. The molecule has 5 nitrogen and oxygen atoms in total. The summed E-state index contributed by atoms with van der Waals surface area (Å²) in [6.07, 6.45) is 1.15. The van der Waals surface area contributed by atoms with E-state index in [2.05, 4.69) is 4.90 Å². The zero-order chi connectivity index (χ0) is 16.7. The van der Waals surface area contributed by atoms with Gasteiger partial charge in [0.1, 0.15) is 18.5 Å². The Bertz CT molecular complexity index is 511. The van der Waals surface area contributed by atoms with Crippen molar-refractivity contribution in [1.29, 1.82) is 0 Å². The number of aliphatic hydroxyl groups is 1. The standard InChI is InChI=1S/C17H24ClNO4/c1-2-22-17(21)13-6-5-9-19(10-13)11-14(20)12-23-16-8-4-3-7-15(16)18/h3-4,7-8,13-14,20H,2,5-6,9-12H2,1H3/t13-,14-/m0/s1. The van der Waals surface area contributed by atoms with Crippen LogP contribution in [0, 0.1) is 5.92 Å². The molecule has 0 saturated carbocycles. The Morgan fingerprint density at radius 2 is 2.26 bits per heavy atom. The van der Waals surface area contributed by atoms with Gasteiger partial charge < -0.3 is 14.6 Å². The summed E-state index contributed by atoms with van der Waals surface area (Å²) in [7, 11) is 0. The van der Waals surface area contributed by atoms with Crippen LogP contribution in [0.2, 0.25) is 5.02 Å². The molecule has 1 saturated heterocycles. The lowest BCUT2D eigenvalue weighted by Gasteiger charge is -2.32. The highest BCUT2D eigenvalue weighted by Crippen LogP contribution is 2.23. The third-order valence-electron chi connectivity index (χ3n) is 3.86. The molecule has 0 radical (unpaired) electrons. The quantitative estimate of drug-likeness (QED) is 0.771. The number of hydrogen-bond donors (Lipinski definition) is 1. The van der Waals surface area contributed by atoms with E-state index in [4.69, 9.17) is 21.1 Å². The van der Waals surface area contributed by atoms with Crippen LogP contribution in [0.15, 0.2) is 24.3 Å². The van der Waals surface area contributed by atoms with Gasteiger partial charge in [-0.05, 0) is 38.4 Å². The number of carbonyl (C=O) groups excluding carboxylic acids is 1. The molecule has 1 aliphatic rings. The van der Waals surface area contributed by atoms with Crippen molar-refractivity contribution in [3.8, 4) is 5.75 Å². The Labute approximate surface area is 142 Å². The molecule has 128 valence electrons. The number of para-hydroxylation sites is 1. The van der Waals surface area contributed by atoms with Crippen molar-refractivity contribution in [2.75, 3.05) is 32.8 Å². The Hall–Kier alpha value is -1.30. The molecule has 0 aromatic heterocycles. The number of likely N-dealkylation sites (tertiary alicyclic amines) is 1. The third kappa shape index (κ3) is 5.68. The van der Waals surface area contributed by atoms with Crippen LogP contribution in [-0.4, -0.2) is 54.9 Å². The minimum Gasteiger partial charge on any atom is -0.489 e. The van der Waals surface area contributed by atoms with E-state index in [1.54, 1.807) is 12.1 Å². The summed E-state index contributed by atoms with van der Waals surface area (Å²) in [5, 5.41) is 10.7. The maximum Gasteiger partial charge on any atom is 0.310 e. The lowest BCUT2D eigenvalue weighted by atomic mass is 9.98. The van der Waals surface area contributed by atoms with E-state index in [0.29, 0.717) is 30.5 Å². The van der Waals surface area contributed by atoms with Crippen LogP contribution in [0.1, 0.15) is 19.8 Å². The van der Waals surface area contributed by atoms with Gasteiger partial charge in [-0.25, -0.2) is 0 Å². The molecule has 0 amide bonds. The molecule has 23 heavy (non-hydrogen) atoms. The van der Waals surface area contributed by atoms with Gasteiger partial charge in [-0.2, -0.15) is 0 Å². The number of carbonyl (C=O) groups is 1. The Morgan fingerprint density at radius 3 is 3.00 bits per heavy atom. The molecule has 0 aliphatic carbocycles. The largest absolute Gasteiger partial charge is 0.489 e. The monoisotopic (exact) mass is 341 g/mol. The fourth-order valence-electron chi connectivity index (χ4n) is 2.77. The molecule has 2 rings (SSSR count). The minimum absolute atomic E-state index is 0.0969. The lowest BCUT2D eigenvalue weighted by molar-refractivity contribution is -0.150. The molecule has 1 fully saturated rings. The molecular formula is C17H24ClNO4. The zero-order valence-corrected chi connectivity index (χ0v) is 14.2. The SMILES string of the molecule is CCOC(=O)[C@H]1CCCN(C[C@H](O)COc2ccccc2Cl)C1. The van der Waals surface area contributed by atoms with E-state index in [1.165, 1.54) is 0 Å². The van der Waals surface area contributed by atoms with Crippen molar-refractivity contribution in [3.63, 3.8) is 0 Å². The molecule has 0 unspecified atom stereocenters. The first kappa shape index (κ1) is 18.0. The number of piperidine rings is 1. The normalized spacial score (nSPS) is 20.0. The lowest BCUT2D eigenvalue weighted by Crippen LogP contribution is -2.44. The first-order chi connectivity index (χ1) is 11.1. The first-order valence-corrected chi connectivity index (χ1v) is 8.42. The topological polar surface area (TPSA) is 59.0 Å². The van der Waals surface area contributed by atoms with E-state index >= 15 is 0 Å². The van der Waals surface area contributed by atoms with Crippen LogP contribution in [-0.2, 0) is 9.53 Å². The second-order valence-electron chi connectivity index (χ2n) is 5.75. The fourth-order valence-corrected chi connectivity index (χ4v) is 2.96. The first-order valence-electron chi connectivity index (χ1n) is 8.04. The molecule has 1 N–H and O–H groups in total. The maximum atomic E-state index is 11.8. The smallest absolute Gasteiger partial charge is 0.310 e. The van der Waals surface area contributed by atoms with Gasteiger partial charge in [-0.1, -0.05) is 23.7 Å². The van der Waals surface area contributed by atoms with Crippen LogP contribution >= 0.6 is 11.6 Å². The second kappa shape index (κ2) is 9.11. The van der Waals surface area contributed by atoms with Crippen molar-refractivity contribution in [2.24, 2.45) is 5.92 Å². The zero-order valence-electron chi connectivity index (χ0n) is 13.4. The van der Waals surface area contributed by atoms with Crippen LogP contribution < -0.4 is 4.74 Å². The Kier molecular flexibility index (Phi) is 7.15. The van der Waals surface area contributed by atoms with Gasteiger partial charge in [0, 0.05) is 13.1 Å². The number of β-amino-alcohol motifs (C(OH)–C–C–N with tert-alkyl or cyclic N) is 1. The average Bonchev–Trinajstić information content (AvgIpc) is 2.54. The van der Waals surface area contributed by atoms with Crippen molar-refractivity contribution in [1.82, 2.24) is 4.90 Å². The summed E-state index contributed by atoms with van der Waals surface area (Å²) in [6, 6.07) is 7.18. The van der Waals surface area contributed by atoms with Gasteiger partial charge in [-0.3, -0.25) is 9.69 Å². The van der Waals surface area contributed by atoms with E-state index < -0.39 is 6.10 Å². The Balaban J connectivity index is 1.77. The van der Waals surface area contributed by atoms with E-state index in [9.17, 15) is 9.90 Å². The van der Waals surface area contributed by atoms with Crippen molar-refractivity contribution in [2.45, 2.75) is 25.9 Å². The van der Waals surface area contributed by atoms with Crippen LogP contribution in [0.5, 0.6) is 5.75 Å². The van der Waals surface area contributed by atoms with Gasteiger partial charge in [0.2, 0.25) is 0 Å². The molecular weight excluding hydrogens is 318 g/mol. The van der Waals surface area contributed by atoms with Crippen molar-refractivity contribution >= 4 is 17.6 Å². The summed E-state index contributed by atoms with van der Waals surface area (Å²) in [4.78, 5) is 13.9. The van der Waals surface area contributed by atoms with Crippen LogP contribution in [0.3, 0.4) is 0 Å². The maximum absolute atomic E-state index is 11.8. The van der Waals surface area contributed by atoms with E-state index in [0.717, 1.165) is 19.4 Å². The Morgan fingerprint density at radius 1 is 1.48 bits per heavy atom. The average molecular weight is 342 g/mol. The van der Waals surface area contributed by atoms with Gasteiger partial charge >= 0.3 is 5.97 Å². The summed E-state index contributed by atoms with van der Waals surface area (Å²) in [5.74, 6) is 0.329. The molecule has 1 aliphatic heterocycles. The molecule has 2 atom stereocenters. The molecule has 0 bridgehead atoms. The highest BCUT2D eigenvalue weighted by atomic mass is 35.5. The third-order valence-corrected chi connectivity index (χ3v) is 4.17. The second-order valence-corrected chi connectivity index (χ2v) is 6.15. The number of hydrogen-bond acceptors (Lipinski definition) is 5. The molecule has 6 heteroatoms. The summed E-state index contributed by atoms with van der Waals surface area (Å²) in [5.41, 5.74) is 0. The predicted octanol–water partition coefficient (Wildman–Crippen LogP) is 2.35. The van der Waals surface area contributed by atoms with Gasteiger partial charge in [0.05, 0.1) is 17.5 Å². The van der Waals surface area contributed by atoms with Gasteiger partial charge in [0.25, 0.3) is 0 Å². The fraction of sp³-hybridized carbons (Fsp3) is 0.588. The number of esters is 1. The molecule has 0 spiro atoms. The number of halogens is 1. The number of nitrogens with zero attached hydrogens (tertiary/aromatic N) is 1. The number of aliphatic hydroxyl groups excluding tert-OH is 1. The van der Waals surface area contributed by atoms with Gasteiger partial charge in [0.15, 0.2) is 0 Å². The highest BCUT2D eigenvalue weighted by Gasteiger charge is 2.27. The number of rotatable bonds is 7. The number of ether oxygens (including phenoxy) is 2. The summed E-state index contributed by atoms with van der Waals surface area (Å²) in [6.45, 7) is 4.36. The van der Waals surface area contributed by atoms with Crippen molar-refractivity contribution in [3.05, 3.63) is 29.3 Å². The molecule has 1 heterocycles. The van der Waals surface area contributed by atoms with Crippen LogP contribution in [0.4, 0.5) is 0 Å². The van der Waals surface area contributed by atoms with Crippen LogP contribution in [0.25, 0.3) is 0 Å². The molecule has 1 aromatic carbocycles. The van der Waals surface area contributed by atoms with E-state index in [1.807, 2.05) is 19.1 Å². The summed E-state index contributed by atoms with van der Waals surface area (Å²) < 4.78 is 10.6. The predicted molar refractivity (Wildman–Crippen MR) is 88.8 cm³/mol.